The second-order valence-corrected chi connectivity index (χ2v) is 6.68. The number of hydrogen-bond acceptors (Lipinski definition) is 6. The number of carboxylic acid groups (broad SMARTS) is 1. The van der Waals surface area contributed by atoms with Gasteiger partial charge in [-0.3, -0.25) is 19.1 Å². The maximum Gasteiger partial charge on any atom is 0.337 e. The summed E-state index contributed by atoms with van der Waals surface area (Å²) in [6.45, 7) is 1.38. The van der Waals surface area contributed by atoms with Gasteiger partial charge >= 0.3 is 5.97 Å². The summed E-state index contributed by atoms with van der Waals surface area (Å²) in [7, 11) is 1.78. The fourth-order valence-electron chi connectivity index (χ4n) is 2.79. The van der Waals surface area contributed by atoms with Crippen molar-refractivity contribution < 1.29 is 14.7 Å². The van der Waals surface area contributed by atoms with Crippen LogP contribution in [0.3, 0.4) is 0 Å². The molecular formula is C19H23N7O3. The van der Waals surface area contributed by atoms with Crippen LogP contribution in [0.5, 0.6) is 0 Å². The lowest BCUT2D eigenvalue weighted by Crippen LogP contribution is -2.24. The summed E-state index contributed by atoms with van der Waals surface area (Å²) < 4.78 is 3.36. The average molecular weight is 397 g/mol. The van der Waals surface area contributed by atoms with E-state index in [0.29, 0.717) is 23.5 Å². The van der Waals surface area contributed by atoms with Gasteiger partial charge in [0, 0.05) is 32.5 Å². The van der Waals surface area contributed by atoms with Crippen LogP contribution in [0.1, 0.15) is 46.4 Å². The van der Waals surface area contributed by atoms with Crippen LogP contribution in [-0.4, -0.2) is 53.3 Å². The molecule has 152 valence electrons. The van der Waals surface area contributed by atoms with Crippen molar-refractivity contribution in [2.24, 2.45) is 7.05 Å². The molecule has 3 aromatic heterocycles. The van der Waals surface area contributed by atoms with Crippen molar-refractivity contribution >= 4 is 11.9 Å². The molecule has 0 spiro atoms. The van der Waals surface area contributed by atoms with Gasteiger partial charge in [0.25, 0.3) is 5.91 Å². The van der Waals surface area contributed by atoms with Gasteiger partial charge < -0.3 is 10.4 Å². The number of aromatic nitrogens is 6. The number of aryl methyl sites for hydroxylation is 2. The first-order valence-corrected chi connectivity index (χ1v) is 9.39. The number of rotatable bonds is 10. The molecule has 2 N–H and O–H groups in total. The van der Waals surface area contributed by atoms with Gasteiger partial charge in [0.05, 0.1) is 29.2 Å². The number of carboxylic acids is 1. The topological polar surface area (TPSA) is 128 Å². The monoisotopic (exact) mass is 397 g/mol. The first-order chi connectivity index (χ1) is 14.0. The zero-order valence-electron chi connectivity index (χ0n) is 16.2. The van der Waals surface area contributed by atoms with Crippen molar-refractivity contribution in [1.82, 2.24) is 35.1 Å². The van der Waals surface area contributed by atoms with E-state index >= 15 is 0 Å². The van der Waals surface area contributed by atoms with Gasteiger partial charge in [-0.2, -0.15) is 5.10 Å². The third-order valence-corrected chi connectivity index (χ3v) is 4.38. The van der Waals surface area contributed by atoms with Crippen molar-refractivity contribution in [2.75, 3.05) is 6.54 Å². The molecule has 0 fully saturated rings. The maximum absolute atomic E-state index is 11.9. The molecule has 0 radical (unpaired) electrons. The third-order valence-electron chi connectivity index (χ3n) is 4.38. The van der Waals surface area contributed by atoms with Gasteiger partial charge in [-0.05, 0) is 25.0 Å². The molecule has 0 atom stereocenters. The molecule has 0 bridgehead atoms. The summed E-state index contributed by atoms with van der Waals surface area (Å²) in [4.78, 5) is 26.9. The van der Waals surface area contributed by atoms with Gasteiger partial charge in [-0.15, -0.1) is 5.10 Å². The normalized spacial score (nSPS) is 10.8. The van der Waals surface area contributed by atoms with Crippen LogP contribution in [0.2, 0.25) is 0 Å². The number of pyridine rings is 1. The highest BCUT2D eigenvalue weighted by Crippen LogP contribution is 2.14. The Bertz CT molecular complexity index is 962. The first-order valence-electron chi connectivity index (χ1n) is 9.39. The Labute approximate surface area is 167 Å². The van der Waals surface area contributed by atoms with Crippen molar-refractivity contribution in [3.8, 4) is 11.4 Å². The summed E-state index contributed by atoms with van der Waals surface area (Å²) in [5.74, 6) is -1.11. The van der Waals surface area contributed by atoms with Crippen LogP contribution in [0.25, 0.3) is 11.4 Å². The van der Waals surface area contributed by atoms with Crippen molar-refractivity contribution in [3.05, 3.63) is 48.0 Å². The minimum Gasteiger partial charge on any atom is -0.478 e. The van der Waals surface area contributed by atoms with Gasteiger partial charge in [0.1, 0.15) is 5.69 Å². The highest BCUT2D eigenvalue weighted by molar-refractivity contribution is 5.93. The highest BCUT2D eigenvalue weighted by atomic mass is 16.4. The van der Waals surface area contributed by atoms with Gasteiger partial charge in [-0.1, -0.05) is 18.1 Å². The van der Waals surface area contributed by atoms with E-state index < -0.39 is 5.97 Å². The minimum absolute atomic E-state index is 0.0989. The van der Waals surface area contributed by atoms with Crippen molar-refractivity contribution in [2.45, 2.75) is 32.2 Å². The SMILES string of the molecule is Cn1cc(C(=O)NCCCCCCn2cc(-c3ccc(C(=O)O)cn3)nn2)cn1. The van der Waals surface area contributed by atoms with Crippen molar-refractivity contribution in [1.29, 1.82) is 0 Å². The van der Waals surface area contributed by atoms with Crippen LogP contribution in [0.4, 0.5) is 0 Å². The molecule has 3 heterocycles. The second kappa shape index (κ2) is 9.58. The van der Waals surface area contributed by atoms with Crippen LogP contribution >= 0.6 is 0 Å². The van der Waals surface area contributed by atoms with Crippen molar-refractivity contribution in [3.63, 3.8) is 0 Å². The van der Waals surface area contributed by atoms with Gasteiger partial charge in [0.15, 0.2) is 0 Å². The van der Waals surface area contributed by atoms with Gasteiger partial charge in [-0.25, -0.2) is 4.79 Å². The molecule has 3 rings (SSSR count). The molecule has 10 nitrogen and oxygen atoms in total. The summed E-state index contributed by atoms with van der Waals surface area (Å²) in [6, 6.07) is 3.12. The summed E-state index contributed by atoms with van der Waals surface area (Å²) in [6.07, 6.45) is 10.2. The quantitative estimate of drug-likeness (QED) is 0.499. The number of hydrogen-bond donors (Lipinski definition) is 2. The Kier molecular flexibility index (Phi) is 6.67. The van der Waals surface area contributed by atoms with E-state index in [1.807, 2.05) is 0 Å². The third kappa shape index (κ3) is 5.71. The van der Waals surface area contributed by atoms with E-state index in [2.05, 4.69) is 25.7 Å². The molecule has 29 heavy (non-hydrogen) atoms. The van der Waals surface area contributed by atoms with E-state index in [1.165, 1.54) is 12.3 Å². The zero-order chi connectivity index (χ0) is 20.6. The molecule has 1 amide bonds. The van der Waals surface area contributed by atoms with Crippen LogP contribution in [0.15, 0.2) is 36.9 Å². The largest absolute Gasteiger partial charge is 0.478 e. The molecule has 0 aliphatic heterocycles. The summed E-state index contributed by atoms with van der Waals surface area (Å²) in [5, 5.41) is 24.0. The smallest absolute Gasteiger partial charge is 0.337 e. The predicted molar refractivity (Wildman–Crippen MR) is 104 cm³/mol. The molecular weight excluding hydrogens is 374 g/mol. The summed E-state index contributed by atoms with van der Waals surface area (Å²) >= 11 is 0. The van der Waals surface area contributed by atoms with E-state index in [-0.39, 0.29) is 11.5 Å². The molecule has 3 aromatic rings. The number of unbranched alkanes of at least 4 members (excludes halogenated alkanes) is 3. The van der Waals surface area contributed by atoms with E-state index in [0.717, 1.165) is 32.2 Å². The minimum atomic E-state index is -1.01. The zero-order valence-corrected chi connectivity index (χ0v) is 16.2. The molecule has 0 aliphatic rings. The number of nitrogens with zero attached hydrogens (tertiary/aromatic N) is 6. The lowest BCUT2D eigenvalue weighted by Gasteiger charge is -2.04. The number of aromatic carboxylic acids is 1. The van der Waals surface area contributed by atoms with Crippen LogP contribution < -0.4 is 5.32 Å². The molecule has 0 aliphatic carbocycles. The predicted octanol–water partition coefficient (Wildman–Crippen LogP) is 1.76. The van der Waals surface area contributed by atoms with Crippen LogP contribution in [-0.2, 0) is 13.6 Å². The molecule has 0 unspecified atom stereocenters. The molecule has 10 heteroatoms. The Morgan fingerprint density at radius 1 is 1.03 bits per heavy atom. The Balaban J connectivity index is 1.33. The second-order valence-electron chi connectivity index (χ2n) is 6.68. The number of amides is 1. The number of carbonyl (C=O) groups is 2. The molecule has 0 aromatic carbocycles. The lowest BCUT2D eigenvalue weighted by atomic mass is 10.2. The number of carbonyl (C=O) groups excluding carboxylic acids is 1. The average Bonchev–Trinajstić information content (AvgIpc) is 3.36. The van der Waals surface area contributed by atoms with Crippen LogP contribution in [0, 0.1) is 0 Å². The highest BCUT2D eigenvalue weighted by Gasteiger charge is 2.08. The van der Waals surface area contributed by atoms with Gasteiger partial charge in [0.2, 0.25) is 0 Å². The Hall–Kier alpha value is -3.56. The lowest BCUT2D eigenvalue weighted by molar-refractivity contribution is 0.0696. The van der Waals surface area contributed by atoms with E-state index in [1.54, 1.807) is 41.1 Å². The Morgan fingerprint density at radius 2 is 1.86 bits per heavy atom. The number of nitrogens with one attached hydrogen (secondary N) is 1. The maximum atomic E-state index is 11.9. The first kappa shape index (κ1) is 20.2. The summed E-state index contributed by atoms with van der Waals surface area (Å²) in [5.41, 5.74) is 1.91. The molecule has 0 saturated carbocycles. The van der Waals surface area contributed by atoms with E-state index in [4.69, 9.17) is 5.11 Å². The standard InChI is InChI=1S/C19H23N7O3/c1-25-12-15(11-22-25)18(27)20-8-4-2-3-5-9-26-13-17(23-24-26)16-7-6-14(10-21-16)19(28)29/h6-7,10-13H,2-5,8-9H2,1H3,(H,20,27)(H,28,29). The van der Waals surface area contributed by atoms with E-state index in [9.17, 15) is 9.59 Å². The fourth-order valence-corrected chi connectivity index (χ4v) is 2.79. The molecule has 0 saturated heterocycles. The Morgan fingerprint density at radius 3 is 2.55 bits per heavy atom. The fraction of sp³-hybridized carbons (Fsp3) is 0.368.